The van der Waals surface area contributed by atoms with Gasteiger partial charge in [0.1, 0.15) is 0 Å². The van der Waals surface area contributed by atoms with Gasteiger partial charge in [0.2, 0.25) is 0 Å². The topological polar surface area (TPSA) is 93.7 Å². The average molecular weight is 442 g/mol. The van der Waals surface area contributed by atoms with Crippen LogP contribution >= 0.6 is 0 Å². The number of hydrogen-bond donors (Lipinski definition) is 2. The number of nitrogens with zero attached hydrogens (tertiary/aromatic N) is 1. The molecule has 0 spiro atoms. The summed E-state index contributed by atoms with van der Waals surface area (Å²) >= 11 is 0. The van der Waals surface area contributed by atoms with Gasteiger partial charge < -0.3 is 14.3 Å². The Morgan fingerprint density at radius 3 is 2.58 bits per heavy atom. The van der Waals surface area contributed by atoms with E-state index in [1.807, 2.05) is 66.7 Å². The van der Waals surface area contributed by atoms with Gasteiger partial charge in [-0.1, -0.05) is 60.7 Å². The summed E-state index contributed by atoms with van der Waals surface area (Å²) in [6, 6.07) is 20.6. The van der Waals surface area contributed by atoms with E-state index in [1.165, 1.54) is 4.57 Å². The number of carbonyl (C=O) groups is 1. The SMILES string of the molecule is COC=Cc1ccc2c(c1)oc(=O)n2CC=Cc1ccc(-c2ccccc2)c(NC(=O)O)c1. The number of methoxy groups -OCH3 is 1. The van der Waals surface area contributed by atoms with Gasteiger partial charge in [0.05, 0.1) is 24.6 Å². The molecule has 0 saturated carbocycles. The highest BCUT2D eigenvalue weighted by Crippen LogP contribution is 2.29. The van der Waals surface area contributed by atoms with E-state index in [4.69, 9.17) is 9.15 Å². The predicted octanol–water partition coefficient (Wildman–Crippen LogP) is 5.68. The molecule has 33 heavy (non-hydrogen) atoms. The van der Waals surface area contributed by atoms with Gasteiger partial charge in [-0.2, -0.15) is 0 Å². The number of allylic oxidation sites excluding steroid dienone is 1. The molecule has 7 nitrogen and oxygen atoms in total. The minimum Gasteiger partial charge on any atom is -0.504 e. The van der Waals surface area contributed by atoms with Crippen LogP contribution in [0.5, 0.6) is 0 Å². The van der Waals surface area contributed by atoms with E-state index in [2.05, 4.69) is 5.32 Å². The van der Waals surface area contributed by atoms with Crippen LogP contribution in [0, 0.1) is 0 Å². The van der Waals surface area contributed by atoms with Crippen LogP contribution in [0.15, 0.2) is 88.3 Å². The van der Waals surface area contributed by atoms with Crippen LogP contribution in [-0.4, -0.2) is 22.9 Å². The van der Waals surface area contributed by atoms with Crippen molar-refractivity contribution < 1.29 is 19.1 Å². The summed E-state index contributed by atoms with van der Waals surface area (Å²) in [4.78, 5) is 23.6. The monoisotopic (exact) mass is 442 g/mol. The summed E-state index contributed by atoms with van der Waals surface area (Å²) in [7, 11) is 1.56. The van der Waals surface area contributed by atoms with E-state index in [0.29, 0.717) is 23.3 Å². The van der Waals surface area contributed by atoms with Crippen molar-refractivity contribution in [3.05, 3.63) is 101 Å². The summed E-state index contributed by atoms with van der Waals surface area (Å²) in [6.45, 7) is 0.307. The molecule has 2 N–H and O–H groups in total. The molecule has 0 unspecified atom stereocenters. The molecule has 0 fully saturated rings. The molecule has 166 valence electrons. The Morgan fingerprint density at radius 2 is 1.82 bits per heavy atom. The number of nitrogens with one attached hydrogen (secondary N) is 1. The number of carboxylic acid groups (broad SMARTS) is 1. The lowest BCUT2D eigenvalue weighted by atomic mass is 10.0. The lowest BCUT2D eigenvalue weighted by molar-refractivity contribution is 0.210. The van der Waals surface area contributed by atoms with Crippen LogP contribution in [0.25, 0.3) is 34.4 Å². The second-order valence-electron chi connectivity index (χ2n) is 7.25. The zero-order valence-corrected chi connectivity index (χ0v) is 17.9. The number of benzene rings is 3. The summed E-state index contributed by atoms with van der Waals surface area (Å²) in [5.41, 5.74) is 5.01. The first-order valence-corrected chi connectivity index (χ1v) is 10.2. The number of aromatic nitrogens is 1. The minimum absolute atomic E-state index is 0.307. The Kier molecular flexibility index (Phi) is 6.40. The van der Waals surface area contributed by atoms with Gasteiger partial charge in [0.25, 0.3) is 0 Å². The van der Waals surface area contributed by atoms with E-state index < -0.39 is 11.8 Å². The van der Waals surface area contributed by atoms with E-state index in [0.717, 1.165) is 22.3 Å². The number of hydrogen-bond acceptors (Lipinski definition) is 4. The van der Waals surface area contributed by atoms with Gasteiger partial charge in [0.15, 0.2) is 5.58 Å². The highest BCUT2D eigenvalue weighted by molar-refractivity contribution is 5.91. The van der Waals surface area contributed by atoms with E-state index >= 15 is 0 Å². The van der Waals surface area contributed by atoms with E-state index in [-0.39, 0.29) is 0 Å². The van der Waals surface area contributed by atoms with Gasteiger partial charge in [-0.05, 0) is 41.0 Å². The first kappa shape index (κ1) is 21.7. The van der Waals surface area contributed by atoms with Crippen molar-refractivity contribution in [1.29, 1.82) is 0 Å². The van der Waals surface area contributed by atoms with Crippen molar-refractivity contribution in [3.63, 3.8) is 0 Å². The Labute approximate surface area is 189 Å². The smallest absolute Gasteiger partial charge is 0.420 e. The number of fused-ring (bicyclic) bond motifs is 1. The maximum Gasteiger partial charge on any atom is 0.420 e. The zero-order chi connectivity index (χ0) is 23.2. The number of oxazole rings is 1. The van der Waals surface area contributed by atoms with Crippen molar-refractivity contribution in [3.8, 4) is 11.1 Å². The number of anilines is 1. The highest BCUT2D eigenvalue weighted by atomic mass is 16.5. The fourth-order valence-corrected chi connectivity index (χ4v) is 3.55. The standard InChI is InChI=1S/C26H22N2O5/c1-32-15-13-19-10-12-23-24(17-19)33-26(31)28(23)14-5-6-18-9-11-21(20-7-3-2-4-8-20)22(16-18)27-25(29)30/h2-13,15-17,27H,14H2,1H3,(H,29,30). The Hall–Kier alpha value is -4.52. The lowest BCUT2D eigenvalue weighted by Crippen LogP contribution is -2.12. The Bertz CT molecular complexity index is 1400. The fraction of sp³-hybridized carbons (Fsp3) is 0.0769. The molecule has 0 bridgehead atoms. The van der Waals surface area contributed by atoms with Crippen molar-refractivity contribution in [2.75, 3.05) is 12.4 Å². The lowest BCUT2D eigenvalue weighted by Gasteiger charge is -2.10. The van der Waals surface area contributed by atoms with Gasteiger partial charge in [0, 0.05) is 12.1 Å². The molecular weight excluding hydrogens is 420 g/mol. The van der Waals surface area contributed by atoms with Crippen LogP contribution in [0.2, 0.25) is 0 Å². The molecule has 0 aliphatic heterocycles. The molecule has 0 aliphatic rings. The van der Waals surface area contributed by atoms with Crippen LogP contribution in [0.4, 0.5) is 10.5 Å². The molecule has 3 aromatic carbocycles. The predicted molar refractivity (Wildman–Crippen MR) is 129 cm³/mol. The molecule has 0 radical (unpaired) electrons. The number of ether oxygens (including phenoxy) is 1. The summed E-state index contributed by atoms with van der Waals surface area (Å²) in [5, 5.41) is 11.7. The molecule has 0 aliphatic carbocycles. The van der Waals surface area contributed by atoms with Crippen molar-refractivity contribution in [1.82, 2.24) is 4.57 Å². The number of amides is 1. The summed E-state index contributed by atoms with van der Waals surface area (Å²) < 4.78 is 11.8. The van der Waals surface area contributed by atoms with E-state index in [1.54, 1.807) is 31.6 Å². The van der Waals surface area contributed by atoms with Crippen LogP contribution in [-0.2, 0) is 11.3 Å². The molecule has 4 rings (SSSR count). The molecule has 7 heteroatoms. The van der Waals surface area contributed by atoms with Crippen molar-refractivity contribution >= 4 is 35.0 Å². The molecule has 1 amide bonds. The normalized spacial score (nSPS) is 11.4. The maximum absolute atomic E-state index is 12.3. The van der Waals surface area contributed by atoms with Crippen molar-refractivity contribution in [2.45, 2.75) is 6.54 Å². The zero-order valence-electron chi connectivity index (χ0n) is 17.9. The molecule has 0 atom stereocenters. The number of rotatable bonds is 7. The first-order valence-electron chi connectivity index (χ1n) is 10.2. The van der Waals surface area contributed by atoms with Crippen LogP contribution in [0.3, 0.4) is 0 Å². The Morgan fingerprint density at radius 1 is 1.06 bits per heavy atom. The average Bonchev–Trinajstić information content (AvgIpc) is 3.12. The van der Waals surface area contributed by atoms with E-state index in [9.17, 15) is 14.7 Å². The molecular formula is C26H22N2O5. The third-order valence-electron chi connectivity index (χ3n) is 5.06. The summed E-state index contributed by atoms with van der Waals surface area (Å²) in [5.74, 6) is -0.449. The minimum atomic E-state index is -1.13. The highest BCUT2D eigenvalue weighted by Gasteiger charge is 2.10. The third-order valence-corrected chi connectivity index (χ3v) is 5.06. The van der Waals surface area contributed by atoms with Gasteiger partial charge in [-0.3, -0.25) is 9.88 Å². The van der Waals surface area contributed by atoms with Crippen LogP contribution < -0.4 is 11.1 Å². The molecule has 0 saturated heterocycles. The Balaban J connectivity index is 1.59. The molecule has 1 aromatic heterocycles. The molecule has 1 heterocycles. The first-order chi connectivity index (χ1) is 16.0. The van der Waals surface area contributed by atoms with Crippen molar-refractivity contribution in [2.24, 2.45) is 0 Å². The van der Waals surface area contributed by atoms with Gasteiger partial charge >= 0.3 is 11.8 Å². The van der Waals surface area contributed by atoms with Gasteiger partial charge in [-0.25, -0.2) is 9.59 Å². The fourth-order valence-electron chi connectivity index (χ4n) is 3.55. The van der Waals surface area contributed by atoms with Crippen LogP contribution in [0.1, 0.15) is 11.1 Å². The largest absolute Gasteiger partial charge is 0.504 e. The quantitative estimate of drug-likeness (QED) is 0.359. The van der Waals surface area contributed by atoms with Gasteiger partial charge in [-0.15, -0.1) is 0 Å². The maximum atomic E-state index is 12.3. The summed E-state index contributed by atoms with van der Waals surface area (Å²) in [6.07, 6.45) is 5.86. The molecule has 4 aromatic rings. The second-order valence-corrected chi connectivity index (χ2v) is 7.25. The third kappa shape index (κ3) is 5.04. The second kappa shape index (κ2) is 9.74.